The lowest BCUT2D eigenvalue weighted by Crippen LogP contribution is -2.17. The van der Waals surface area contributed by atoms with Gasteiger partial charge >= 0.3 is 18.7 Å². The molecule has 0 unspecified atom stereocenters. The summed E-state index contributed by atoms with van der Waals surface area (Å²) in [5, 5.41) is 0. The van der Waals surface area contributed by atoms with Crippen LogP contribution in [0.15, 0.2) is 36.4 Å². The molecule has 0 fully saturated rings. The van der Waals surface area contributed by atoms with Crippen LogP contribution < -0.4 is 9.47 Å². The Morgan fingerprint density at radius 1 is 0.724 bits per heavy atom. The molecule has 0 atom stereocenters. The van der Waals surface area contributed by atoms with Crippen molar-refractivity contribution >= 4 is 6.29 Å². The number of carbonyl (C=O) groups excluding carboxylic acids is 1. The predicted octanol–water partition coefficient (Wildman–Crippen LogP) is 6.01. The molecule has 0 heterocycles. The molecular weight excluding hydrogens is 423 g/mol. The second-order valence-corrected chi connectivity index (χ2v) is 5.61. The summed E-state index contributed by atoms with van der Waals surface area (Å²) in [6.45, 7) is -0.846. The zero-order valence-corrected chi connectivity index (χ0v) is 13.9. The molecule has 0 saturated heterocycles. The van der Waals surface area contributed by atoms with E-state index in [2.05, 4.69) is 4.74 Å². The van der Waals surface area contributed by atoms with E-state index in [0.29, 0.717) is 18.2 Å². The summed E-state index contributed by atoms with van der Waals surface area (Å²) in [4.78, 5) is 10.8. The standard InChI is InChI=1S/C17H9F9O3/c18-15(19,20)11-1-10(2-12(5-11)16(21,22)23)8-28-13-3-9(7-27)4-14(6-13)29-17(24,25)26/h1-7H,8H2. The van der Waals surface area contributed by atoms with Crippen LogP contribution in [0, 0.1) is 0 Å². The summed E-state index contributed by atoms with van der Waals surface area (Å²) in [7, 11) is 0. The van der Waals surface area contributed by atoms with E-state index in [-0.39, 0.29) is 17.9 Å². The van der Waals surface area contributed by atoms with Gasteiger partial charge in [-0.1, -0.05) is 0 Å². The number of ether oxygens (including phenoxy) is 2. The predicted molar refractivity (Wildman–Crippen MR) is 79.3 cm³/mol. The zero-order chi connectivity index (χ0) is 22.0. The Kier molecular flexibility index (Phi) is 6.04. The smallest absolute Gasteiger partial charge is 0.489 e. The maximum atomic E-state index is 12.8. The molecule has 3 nitrogen and oxygen atoms in total. The number of hydrogen-bond acceptors (Lipinski definition) is 3. The van der Waals surface area contributed by atoms with E-state index < -0.39 is 53.5 Å². The SMILES string of the molecule is O=Cc1cc(OCc2cc(C(F)(F)F)cc(C(F)(F)F)c2)cc(OC(F)(F)F)c1. The highest BCUT2D eigenvalue weighted by Crippen LogP contribution is 2.36. The fraction of sp³-hybridized carbons (Fsp3) is 0.235. The van der Waals surface area contributed by atoms with Crippen LogP contribution in [-0.2, 0) is 19.0 Å². The highest BCUT2D eigenvalue weighted by Gasteiger charge is 2.37. The number of alkyl halides is 9. The Bertz CT molecular complexity index is 851. The van der Waals surface area contributed by atoms with Crippen LogP contribution in [0.25, 0.3) is 0 Å². The number of benzene rings is 2. The monoisotopic (exact) mass is 432 g/mol. The van der Waals surface area contributed by atoms with E-state index in [4.69, 9.17) is 4.74 Å². The van der Waals surface area contributed by atoms with Gasteiger partial charge in [-0.3, -0.25) is 4.79 Å². The first-order chi connectivity index (χ1) is 13.2. The van der Waals surface area contributed by atoms with Gasteiger partial charge in [0.05, 0.1) is 11.1 Å². The first-order valence-corrected chi connectivity index (χ1v) is 7.44. The molecule has 29 heavy (non-hydrogen) atoms. The van der Waals surface area contributed by atoms with Gasteiger partial charge in [0, 0.05) is 11.6 Å². The van der Waals surface area contributed by atoms with Gasteiger partial charge in [-0.25, -0.2) is 0 Å². The maximum Gasteiger partial charge on any atom is 0.573 e. The minimum Gasteiger partial charge on any atom is -0.489 e. The Labute approximate surface area is 156 Å². The number of halogens is 9. The molecule has 0 aliphatic carbocycles. The largest absolute Gasteiger partial charge is 0.573 e. The zero-order valence-electron chi connectivity index (χ0n) is 13.9. The van der Waals surface area contributed by atoms with Crippen molar-refractivity contribution in [1.29, 1.82) is 0 Å². The van der Waals surface area contributed by atoms with E-state index in [1.54, 1.807) is 0 Å². The van der Waals surface area contributed by atoms with Gasteiger partial charge < -0.3 is 9.47 Å². The van der Waals surface area contributed by atoms with Gasteiger partial charge in [-0.15, -0.1) is 13.2 Å². The molecule has 0 N–H and O–H groups in total. The molecule has 0 amide bonds. The normalized spacial score (nSPS) is 12.6. The molecule has 2 aromatic carbocycles. The van der Waals surface area contributed by atoms with Crippen molar-refractivity contribution in [3.05, 3.63) is 58.7 Å². The van der Waals surface area contributed by atoms with E-state index in [9.17, 15) is 44.3 Å². The lowest BCUT2D eigenvalue weighted by Gasteiger charge is -2.15. The lowest BCUT2D eigenvalue weighted by molar-refractivity contribution is -0.274. The Balaban J connectivity index is 2.33. The van der Waals surface area contributed by atoms with Crippen LogP contribution in [0.5, 0.6) is 11.5 Å². The molecule has 0 bridgehead atoms. The van der Waals surface area contributed by atoms with Crippen LogP contribution in [-0.4, -0.2) is 12.6 Å². The third kappa shape index (κ3) is 6.57. The van der Waals surface area contributed by atoms with Crippen molar-refractivity contribution in [2.75, 3.05) is 0 Å². The van der Waals surface area contributed by atoms with Crippen molar-refractivity contribution in [2.24, 2.45) is 0 Å². The first-order valence-electron chi connectivity index (χ1n) is 7.44. The Morgan fingerprint density at radius 3 is 1.69 bits per heavy atom. The molecule has 158 valence electrons. The molecular formula is C17H9F9O3. The summed E-state index contributed by atoms with van der Waals surface area (Å²) in [6.07, 6.45) is -15.1. The summed E-state index contributed by atoms with van der Waals surface area (Å²) in [5.74, 6) is -1.28. The van der Waals surface area contributed by atoms with Crippen molar-refractivity contribution in [1.82, 2.24) is 0 Å². The molecule has 0 aliphatic heterocycles. The molecule has 2 rings (SSSR count). The molecule has 2 aromatic rings. The average Bonchev–Trinajstić information content (AvgIpc) is 2.56. The minimum absolute atomic E-state index is 0.0776. The van der Waals surface area contributed by atoms with Gasteiger partial charge in [0.2, 0.25) is 0 Å². The van der Waals surface area contributed by atoms with Crippen molar-refractivity contribution in [3.63, 3.8) is 0 Å². The van der Waals surface area contributed by atoms with Gasteiger partial charge in [0.1, 0.15) is 24.4 Å². The lowest BCUT2D eigenvalue weighted by atomic mass is 10.1. The van der Waals surface area contributed by atoms with E-state index >= 15 is 0 Å². The maximum absolute atomic E-state index is 12.8. The van der Waals surface area contributed by atoms with E-state index in [0.717, 1.165) is 12.1 Å². The Hall–Kier alpha value is -2.92. The van der Waals surface area contributed by atoms with Gasteiger partial charge in [0.25, 0.3) is 0 Å². The third-order valence-corrected chi connectivity index (χ3v) is 3.32. The van der Waals surface area contributed by atoms with Crippen molar-refractivity contribution in [2.45, 2.75) is 25.3 Å². The fourth-order valence-electron chi connectivity index (χ4n) is 2.21. The number of carbonyl (C=O) groups is 1. The molecule has 0 aliphatic rings. The molecule has 0 radical (unpaired) electrons. The summed E-state index contributed by atoms with van der Waals surface area (Å²) in [6, 6.07) is 3.08. The molecule has 0 aromatic heterocycles. The summed E-state index contributed by atoms with van der Waals surface area (Å²) >= 11 is 0. The van der Waals surface area contributed by atoms with Crippen molar-refractivity contribution in [3.8, 4) is 11.5 Å². The molecule has 0 saturated carbocycles. The van der Waals surface area contributed by atoms with Gasteiger partial charge in [-0.2, -0.15) is 26.3 Å². The topological polar surface area (TPSA) is 35.5 Å². The average molecular weight is 432 g/mol. The summed E-state index contributed by atoms with van der Waals surface area (Å²) in [5.41, 5.74) is -4.01. The fourth-order valence-corrected chi connectivity index (χ4v) is 2.21. The molecule has 12 heteroatoms. The number of aldehydes is 1. The summed E-state index contributed by atoms with van der Waals surface area (Å²) < 4.78 is 123. The van der Waals surface area contributed by atoms with E-state index in [1.807, 2.05) is 0 Å². The van der Waals surface area contributed by atoms with E-state index in [1.165, 1.54) is 0 Å². The highest BCUT2D eigenvalue weighted by molar-refractivity contribution is 5.76. The first kappa shape index (κ1) is 22.4. The quantitative estimate of drug-likeness (QED) is 0.429. The van der Waals surface area contributed by atoms with Crippen LogP contribution in [0.3, 0.4) is 0 Å². The van der Waals surface area contributed by atoms with Crippen LogP contribution in [0.1, 0.15) is 27.0 Å². The molecule has 0 spiro atoms. The Morgan fingerprint density at radius 2 is 1.24 bits per heavy atom. The van der Waals surface area contributed by atoms with Crippen LogP contribution in [0.2, 0.25) is 0 Å². The number of rotatable bonds is 5. The van der Waals surface area contributed by atoms with Gasteiger partial charge in [-0.05, 0) is 35.9 Å². The van der Waals surface area contributed by atoms with Crippen molar-refractivity contribution < 1.29 is 53.8 Å². The second-order valence-electron chi connectivity index (χ2n) is 5.61. The van der Waals surface area contributed by atoms with Crippen LogP contribution in [0.4, 0.5) is 39.5 Å². The minimum atomic E-state index is -5.10. The number of hydrogen-bond donors (Lipinski definition) is 0. The third-order valence-electron chi connectivity index (χ3n) is 3.32. The second kappa shape index (κ2) is 7.84. The highest BCUT2D eigenvalue weighted by atomic mass is 19.4. The van der Waals surface area contributed by atoms with Crippen LogP contribution >= 0.6 is 0 Å². The van der Waals surface area contributed by atoms with Gasteiger partial charge in [0.15, 0.2) is 0 Å².